The number of likely N-dealkylation sites (tertiary alicyclic amines) is 1. The van der Waals surface area contributed by atoms with Gasteiger partial charge in [0.05, 0.1) is 19.7 Å². The number of nitrogens with two attached hydrogens (primary N) is 1. The normalized spacial score (nSPS) is 21.2. The second-order valence-electron chi connectivity index (χ2n) is 7.24. The zero-order valence-electron chi connectivity index (χ0n) is 15.4. The lowest BCUT2D eigenvalue weighted by Gasteiger charge is -2.34. The Kier molecular flexibility index (Phi) is 6.56. The molecule has 1 aromatic rings. The average molecular weight is 345 g/mol. The Balaban J connectivity index is 1.68. The van der Waals surface area contributed by atoms with Gasteiger partial charge in [0.1, 0.15) is 5.75 Å². The number of benzene rings is 1. The highest BCUT2D eigenvalue weighted by atomic mass is 16.5. The van der Waals surface area contributed by atoms with Gasteiger partial charge in [0.15, 0.2) is 5.96 Å². The van der Waals surface area contributed by atoms with E-state index in [1.54, 1.807) is 7.11 Å². The number of methoxy groups -OCH3 is 1. The SMILES string of the molecule is COc1ccc(C(CN=C(N)NC2CCCC2)N2CCCCC2)cc1. The van der Waals surface area contributed by atoms with E-state index in [0.717, 1.165) is 18.8 Å². The molecule has 0 spiro atoms. The maximum Gasteiger partial charge on any atom is 0.188 e. The van der Waals surface area contributed by atoms with Crippen LogP contribution in [0.2, 0.25) is 0 Å². The van der Waals surface area contributed by atoms with E-state index in [-0.39, 0.29) is 6.04 Å². The first-order valence-corrected chi connectivity index (χ1v) is 9.70. The summed E-state index contributed by atoms with van der Waals surface area (Å²) in [7, 11) is 1.71. The molecule has 0 aromatic heterocycles. The van der Waals surface area contributed by atoms with E-state index >= 15 is 0 Å². The summed E-state index contributed by atoms with van der Waals surface area (Å²) in [5.74, 6) is 1.49. The van der Waals surface area contributed by atoms with Crippen molar-refractivity contribution in [2.24, 2.45) is 10.7 Å². The van der Waals surface area contributed by atoms with Crippen LogP contribution in [0, 0.1) is 0 Å². The van der Waals surface area contributed by atoms with Crippen LogP contribution >= 0.6 is 0 Å². The number of guanidine groups is 1. The zero-order valence-corrected chi connectivity index (χ0v) is 15.4. The minimum Gasteiger partial charge on any atom is -0.497 e. The van der Waals surface area contributed by atoms with Crippen molar-refractivity contribution in [2.75, 3.05) is 26.7 Å². The lowest BCUT2D eigenvalue weighted by molar-refractivity contribution is 0.167. The summed E-state index contributed by atoms with van der Waals surface area (Å²) in [5.41, 5.74) is 7.45. The molecule has 1 unspecified atom stereocenters. The summed E-state index contributed by atoms with van der Waals surface area (Å²) in [6.07, 6.45) is 8.90. The number of rotatable bonds is 6. The van der Waals surface area contributed by atoms with Crippen LogP contribution < -0.4 is 15.8 Å². The second kappa shape index (κ2) is 9.09. The highest BCUT2D eigenvalue weighted by molar-refractivity contribution is 5.78. The molecule has 1 aliphatic carbocycles. The van der Waals surface area contributed by atoms with Crippen molar-refractivity contribution in [3.63, 3.8) is 0 Å². The van der Waals surface area contributed by atoms with Crippen LogP contribution in [0.4, 0.5) is 0 Å². The maximum atomic E-state index is 6.16. The van der Waals surface area contributed by atoms with Crippen LogP contribution in [0.25, 0.3) is 0 Å². The molecule has 0 amide bonds. The first kappa shape index (κ1) is 18.1. The predicted molar refractivity (Wildman–Crippen MR) is 103 cm³/mol. The standard InChI is InChI=1S/C20H32N4O/c1-25-18-11-9-16(10-12-18)19(24-13-5-2-6-14-24)15-22-20(21)23-17-7-3-4-8-17/h9-12,17,19H,2-8,13-15H2,1H3,(H3,21,22,23). The molecule has 5 heteroatoms. The van der Waals surface area contributed by atoms with Crippen molar-refractivity contribution in [2.45, 2.75) is 57.0 Å². The third kappa shape index (κ3) is 5.11. The highest BCUT2D eigenvalue weighted by Gasteiger charge is 2.22. The van der Waals surface area contributed by atoms with Crippen LogP contribution in [0.15, 0.2) is 29.3 Å². The number of hydrogen-bond donors (Lipinski definition) is 2. The van der Waals surface area contributed by atoms with E-state index in [1.165, 1.54) is 50.5 Å². The number of piperidine rings is 1. The zero-order chi connectivity index (χ0) is 17.5. The lowest BCUT2D eigenvalue weighted by Crippen LogP contribution is -2.40. The third-order valence-electron chi connectivity index (χ3n) is 5.47. The Labute approximate surface area is 151 Å². The molecule has 25 heavy (non-hydrogen) atoms. The number of aliphatic imine (C=N–C) groups is 1. The van der Waals surface area contributed by atoms with E-state index in [4.69, 9.17) is 15.5 Å². The van der Waals surface area contributed by atoms with Gasteiger partial charge in [-0.25, -0.2) is 0 Å². The largest absolute Gasteiger partial charge is 0.497 e. The lowest BCUT2D eigenvalue weighted by atomic mass is 10.0. The van der Waals surface area contributed by atoms with E-state index in [2.05, 4.69) is 22.3 Å². The Morgan fingerprint density at radius 1 is 1.16 bits per heavy atom. The van der Waals surface area contributed by atoms with Crippen LogP contribution in [0.1, 0.15) is 56.6 Å². The van der Waals surface area contributed by atoms with Gasteiger partial charge >= 0.3 is 0 Å². The molecule has 5 nitrogen and oxygen atoms in total. The molecule has 1 saturated heterocycles. The Morgan fingerprint density at radius 2 is 1.84 bits per heavy atom. The van der Waals surface area contributed by atoms with Gasteiger partial charge in [0.2, 0.25) is 0 Å². The number of ether oxygens (including phenoxy) is 1. The summed E-state index contributed by atoms with van der Waals surface area (Å²) in [6, 6.07) is 9.20. The third-order valence-corrected chi connectivity index (χ3v) is 5.47. The van der Waals surface area contributed by atoms with E-state index in [0.29, 0.717) is 18.5 Å². The smallest absolute Gasteiger partial charge is 0.188 e. The maximum absolute atomic E-state index is 6.16. The summed E-state index contributed by atoms with van der Waals surface area (Å²) >= 11 is 0. The number of nitrogens with zero attached hydrogens (tertiary/aromatic N) is 2. The van der Waals surface area contributed by atoms with Crippen molar-refractivity contribution >= 4 is 5.96 Å². The minimum atomic E-state index is 0.287. The van der Waals surface area contributed by atoms with Crippen molar-refractivity contribution in [1.29, 1.82) is 0 Å². The Bertz CT molecular complexity index is 545. The highest BCUT2D eigenvalue weighted by Crippen LogP contribution is 2.26. The van der Waals surface area contributed by atoms with Crippen molar-refractivity contribution in [3.05, 3.63) is 29.8 Å². The van der Waals surface area contributed by atoms with Crippen molar-refractivity contribution in [3.8, 4) is 5.75 Å². The number of hydrogen-bond acceptors (Lipinski definition) is 3. The molecule has 1 heterocycles. The van der Waals surface area contributed by atoms with Crippen LogP contribution in [0.3, 0.4) is 0 Å². The molecule has 1 atom stereocenters. The van der Waals surface area contributed by atoms with Gasteiger partial charge in [-0.05, 0) is 56.5 Å². The van der Waals surface area contributed by atoms with Crippen molar-refractivity contribution in [1.82, 2.24) is 10.2 Å². The first-order chi connectivity index (χ1) is 12.3. The summed E-state index contributed by atoms with van der Waals surface area (Å²) in [5, 5.41) is 3.40. The van der Waals surface area contributed by atoms with Gasteiger partial charge in [0.25, 0.3) is 0 Å². The summed E-state index contributed by atoms with van der Waals surface area (Å²) < 4.78 is 5.30. The molecule has 138 valence electrons. The fraction of sp³-hybridized carbons (Fsp3) is 0.650. The van der Waals surface area contributed by atoms with Crippen LogP contribution in [-0.4, -0.2) is 43.6 Å². The monoisotopic (exact) mass is 344 g/mol. The fourth-order valence-electron chi connectivity index (χ4n) is 4.00. The molecule has 1 aromatic carbocycles. The van der Waals surface area contributed by atoms with Gasteiger partial charge in [-0.2, -0.15) is 0 Å². The van der Waals surface area contributed by atoms with Crippen molar-refractivity contribution < 1.29 is 4.74 Å². The molecular weight excluding hydrogens is 312 g/mol. The Hall–Kier alpha value is -1.75. The number of nitrogens with one attached hydrogen (secondary N) is 1. The summed E-state index contributed by atoms with van der Waals surface area (Å²) in [6.45, 7) is 2.99. The molecule has 1 aliphatic heterocycles. The van der Waals surface area contributed by atoms with E-state index < -0.39 is 0 Å². The van der Waals surface area contributed by atoms with Gasteiger partial charge in [-0.3, -0.25) is 9.89 Å². The van der Waals surface area contributed by atoms with Gasteiger partial charge in [0, 0.05) is 6.04 Å². The molecule has 3 N–H and O–H groups in total. The molecule has 2 aliphatic rings. The van der Waals surface area contributed by atoms with Gasteiger partial charge < -0.3 is 15.8 Å². The molecule has 1 saturated carbocycles. The fourth-order valence-corrected chi connectivity index (χ4v) is 4.00. The average Bonchev–Trinajstić information content (AvgIpc) is 3.16. The Morgan fingerprint density at radius 3 is 2.48 bits per heavy atom. The van der Waals surface area contributed by atoms with Crippen LogP contribution in [-0.2, 0) is 0 Å². The quantitative estimate of drug-likeness (QED) is 0.615. The minimum absolute atomic E-state index is 0.287. The predicted octanol–water partition coefficient (Wildman–Crippen LogP) is 3.07. The second-order valence-corrected chi connectivity index (χ2v) is 7.24. The molecule has 0 radical (unpaired) electrons. The van der Waals surface area contributed by atoms with E-state index in [9.17, 15) is 0 Å². The summed E-state index contributed by atoms with van der Waals surface area (Å²) in [4.78, 5) is 7.25. The molecular formula is C20H32N4O. The van der Waals surface area contributed by atoms with Gasteiger partial charge in [-0.15, -0.1) is 0 Å². The molecule has 3 rings (SSSR count). The van der Waals surface area contributed by atoms with Gasteiger partial charge in [-0.1, -0.05) is 31.4 Å². The van der Waals surface area contributed by atoms with Crippen LogP contribution in [0.5, 0.6) is 5.75 Å². The molecule has 0 bridgehead atoms. The topological polar surface area (TPSA) is 62.9 Å². The van der Waals surface area contributed by atoms with E-state index in [1.807, 2.05) is 12.1 Å². The first-order valence-electron chi connectivity index (χ1n) is 9.70. The molecule has 2 fully saturated rings.